The van der Waals surface area contributed by atoms with Crippen molar-refractivity contribution in [3.8, 4) is 17.0 Å². The lowest BCUT2D eigenvalue weighted by atomic mass is 9.86. The van der Waals surface area contributed by atoms with Crippen LogP contribution in [-0.2, 0) is 4.74 Å². The Kier molecular flexibility index (Phi) is 5.40. The van der Waals surface area contributed by atoms with E-state index in [1.165, 1.54) is 18.9 Å². The smallest absolute Gasteiger partial charge is 0.387 e. The topological polar surface area (TPSA) is 92.9 Å². The van der Waals surface area contributed by atoms with Crippen LogP contribution < -0.4 is 20.3 Å². The van der Waals surface area contributed by atoms with E-state index in [-0.39, 0.29) is 11.6 Å². The first-order valence-electron chi connectivity index (χ1n) is 11.8. The van der Waals surface area contributed by atoms with E-state index in [2.05, 4.69) is 24.4 Å². The molecule has 9 nitrogen and oxygen atoms in total. The predicted molar refractivity (Wildman–Crippen MR) is 123 cm³/mol. The highest BCUT2D eigenvalue weighted by molar-refractivity contribution is 5.68. The molecule has 4 saturated heterocycles. The fraction of sp³-hybridized carbons (Fsp3) is 0.609. The fourth-order valence-electron chi connectivity index (χ4n) is 5.92. The molecule has 4 bridgehead atoms. The first kappa shape index (κ1) is 21.7. The van der Waals surface area contributed by atoms with Gasteiger partial charge in [0.1, 0.15) is 5.82 Å². The van der Waals surface area contributed by atoms with Gasteiger partial charge < -0.3 is 25.0 Å². The molecule has 34 heavy (non-hydrogen) atoms. The number of nitrogen functional groups attached to an aromatic ring is 1. The zero-order valence-electron chi connectivity index (χ0n) is 19.1. The number of alkyl halides is 2. The lowest BCUT2D eigenvalue weighted by Gasteiger charge is -2.35. The molecule has 2 aromatic rings. The summed E-state index contributed by atoms with van der Waals surface area (Å²) in [5.74, 6) is 2.06. The minimum atomic E-state index is -2.98. The van der Waals surface area contributed by atoms with Crippen LogP contribution in [0.2, 0.25) is 0 Å². The van der Waals surface area contributed by atoms with Gasteiger partial charge in [-0.1, -0.05) is 0 Å². The van der Waals surface area contributed by atoms with Gasteiger partial charge in [0.2, 0.25) is 5.95 Å². The third kappa shape index (κ3) is 3.80. The van der Waals surface area contributed by atoms with E-state index < -0.39 is 6.61 Å². The minimum Gasteiger partial charge on any atom is -0.431 e. The SMILES string of the molecule is COCCN1C[C@@H]2C[C@H]1CN2c1cc(-c2cnc(N)c(OC(F)F)c2)nc(N2CC3CC2C3)n1. The Labute approximate surface area is 196 Å². The third-order valence-corrected chi connectivity index (χ3v) is 7.69. The largest absolute Gasteiger partial charge is 0.431 e. The van der Waals surface area contributed by atoms with Crippen molar-refractivity contribution in [2.45, 2.75) is 44.0 Å². The summed E-state index contributed by atoms with van der Waals surface area (Å²) in [6.45, 7) is 1.53. The second-order valence-electron chi connectivity index (χ2n) is 9.72. The number of piperazine rings is 1. The number of nitrogens with two attached hydrogens (primary N) is 1. The molecular weight excluding hydrogens is 444 g/mol. The average molecular weight is 474 g/mol. The van der Waals surface area contributed by atoms with Crippen LogP contribution in [0.5, 0.6) is 5.75 Å². The number of hydrogen-bond donors (Lipinski definition) is 1. The van der Waals surface area contributed by atoms with E-state index in [4.69, 9.17) is 20.4 Å². The summed E-state index contributed by atoms with van der Waals surface area (Å²) in [5.41, 5.74) is 6.97. The molecule has 0 amide bonds. The van der Waals surface area contributed by atoms with E-state index in [0.29, 0.717) is 41.2 Å². The number of methoxy groups -OCH3 is 1. The summed E-state index contributed by atoms with van der Waals surface area (Å²) in [4.78, 5) is 21.1. The van der Waals surface area contributed by atoms with E-state index in [1.54, 1.807) is 13.3 Å². The molecule has 11 heteroatoms. The van der Waals surface area contributed by atoms with Crippen molar-refractivity contribution in [1.82, 2.24) is 19.9 Å². The predicted octanol–water partition coefficient (Wildman–Crippen LogP) is 2.23. The Morgan fingerprint density at radius 2 is 1.91 bits per heavy atom. The van der Waals surface area contributed by atoms with E-state index in [0.717, 1.165) is 45.0 Å². The summed E-state index contributed by atoms with van der Waals surface area (Å²) in [5, 5.41) is 0. The number of likely N-dealkylation sites (tertiary alicyclic amines) is 1. The van der Waals surface area contributed by atoms with Gasteiger partial charge in [-0.15, -0.1) is 0 Å². The van der Waals surface area contributed by atoms with Crippen LogP contribution in [0.25, 0.3) is 11.3 Å². The zero-order valence-corrected chi connectivity index (χ0v) is 19.1. The van der Waals surface area contributed by atoms with Gasteiger partial charge in [0.05, 0.1) is 12.3 Å². The lowest BCUT2D eigenvalue weighted by Crippen LogP contribution is -2.47. The van der Waals surface area contributed by atoms with Gasteiger partial charge in [0.25, 0.3) is 0 Å². The standard InChI is InChI=1S/C23H29F2N7O2/c1-33-3-2-30-11-17-7-16(30)12-31(17)20-8-18(14-6-19(34-22(24)25)21(26)27-9-14)28-23(29-20)32-10-13-4-15(32)5-13/h6,8-9,13,15-17,22H,2-5,7,10-12H2,1H3,(H2,26,27)/t13?,15?,16-,17-/m0/s1. The number of ether oxygens (including phenoxy) is 2. The molecule has 0 unspecified atom stereocenters. The van der Waals surface area contributed by atoms with Gasteiger partial charge >= 0.3 is 6.61 Å². The zero-order chi connectivity index (χ0) is 23.4. The van der Waals surface area contributed by atoms with Gasteiger partial charge in [-0.25, -0.2) is 9.97 Å². The molecule has 182 valence electrons. The quantitative estimate of drug-likeness (QED) is 0.620. The van der Waals surface area contributed by atoms with Crippen molar-refractivity contribution in [3.63, 3.8) is 0 Å². The second kappa shape index (κ2) is 8.46. The molecule has 7 rings (SSSR count). The van der Waals surface area contributed by atoms with Crippen molar-refractivity contribution >= 4 is 17.6 Å². The molecule has 5 fully saturated rings. The molecular formula is C23H29F2N7O2. The number of aromatic nitrogens is 3. The van der Waals surface area contributed by atoms with Crippen LogP contribution in [0.15, 0.2) is 18.3 Å². The Bertz CT molecular complexity index is 1070. The molecule has 2 aromatic heterocycles. The number of rotatable bonds is 8. The molecule has 1 saturated carbocycles. The van der Waals surface area contributed by atoms with Gasteiger partial charge in [-0.2, -0.15) is 13.8 Å². The van der Waals surface area contributed by atoms with Gasteiger partial charge in [0.15, 0.2) is 11.6 Å². The minimum absolute atomic E-state index is 0.0769. The van der Waals surface area contributed by atoms with Crippen LogP contribution in [0.3, 0.4) is 0 Å². The maximum atomic E-state index is 12.9. The van der Waals surface area contributed by atoms with Crippen molar-refractivity contribution in [3.05, 3.63) is 18.3 Å². The Hall–Kier alpha value is -2.79. The van der Waals surface area contributed by atoms with Crippen molar-refractivity contribution < 1.29 is 18.3 Å². The van der Waals surface area contributed by atoms with E-state index in [1.807, 2.05) is 6.07 Å². The fourth-order valence-corrected chi connectivity index (χ4v) is 5.92. The normalized spacial score (nSPS) is 27.6. The summed E-state index contributed by atoms with van der Waals surface area (Å²) < 4.78 is 35.6. The first-order chi connectivity index (χ1) is 16.5. The van der Waals surface area contributed by atoms with Gasteiger partial charge in [-0.05, 0) is 31.2 Å². The monoisotopic (exact) mass is 473 g/mol. The maximum absolute atomic E-state index is 12.9. The number of nitrogens with zero attached hydrogens (tertiary/aromatic N) is 6. The van der Waals surface area contributed by atoms with Crippen LogP contribution in [0.1, 0.15) is 19.3 Å². The molecule has 0 spiro atoms. The molecule has 0 aromatic carbocycles. The first-order valence-corrected chi connectivity index (χ1v) is 11.8. The average Bonchev–Trinajstić information content (AvgIpc) is 3.58. The Morgan fingerprint density at radius 1 is 1.06 bits per heavy atom. The highest BCUT2D eigenvalue weighted by Gasteiger charge is 2.46. The number of fused-ring (bicyclic) bond motifs is 3. The maximum Gasteiger partial charge on any atom is 0.387 e. The molecule has 5 aliphatic rings. The molecule has 4 aliphatic heterocycles. The highest BCUT2D eigenvalue weighted by Crippen LogP contribution is 2.43. The number of pyridine rings is 1. The van der Waals surface area contributed by atoms with Gasteiger partial charge in [0, 0.05) is 69.2 Å². The molecule has 0 radical (unpaired) electrons. The van der Waals surface area contributed by atoms with Crippen molar-refractivity contribution in [2.24, 2.45) is 5.92 Å². The third-order valence-electron chi connectivity index (χ3n) is 7.69. The van der Waals surface area contributed by atoms with Crippen LogP contribution >= 0.6 is 0 Å². The number of anilines is 3. The van der Waals surface area contributed by atoms with Crippen LogP contribution in [-0.4, -0.2) is 84.5 Å². The second-order valence-corrected chi connectivity index (χ2v) is 9.72. The summed E-state index contributed by atoms with van der Waals surface area (Å²) in [6, 6.07) is 4.76. The van der Waals surface area contributed by atoms with Crippen molar-refractivity contribution in [2.75, 3.05) is 55.4 Å². The van der Waals surface area contributed by atoms with Crippen molar-refractivity contribution in [1.29, 1.82) is 0 Å². The van der Waals surface area contributed by atoms with Crippen LogP contribution in [0, 0.1) is 5.92 Å². The molecule has 2 N–H and O–H groups in total. The Morgan fingerprint density at radius 3 is 2.59 bits per heavy atom. The molecule has 2 atom stereocenters. The number of hydrogen-bond acceptors (Lipinski definition) is 9. The molecule has 1 aliphatic carbocycles. The highest BCUT2D eigenvalue weighted by atomic mass is 19.3. The summed E-state index contributed by atoms with van der Waals surface area (Å²) in [6.07, 6.45) is 5.02. The summed E-state index contributed by atoms with van der Waals surface area (Å²) >= 11 is 0. The van der Waals surface area contributed by atoms with E-state index >= 15 is 0 Å². The Balaban J connectivity index is 1.33. The lowest BCUT2D eigenvalue weighted by molar-refractivity contribution is -0.0494. The number of halogens is 2. The molecule has 6 heterocycles. The van der Waals surface area contributed by atoms with Gasteiger partial charge in [-0.3, -0.25) is 4.90 Å². The van der Waals surface area contributed by atoms with Crippen LogP contribution in [0.4, 0.5) is 26.4 Å². The summed E-state index contributed by atoms with van der Waals surface area (Å²) in [7, 11) is 1.73. The van der Waals surface area contributed by atoms with E-state index in [9.17, 15) is 8.78 Å².